The number of oxazole rings is 1. The van der Waals surface area contributed by atoms with E-state index in [9.17, 15) is 18.0 Å². The quantitative estimate of drug-likeness (QED) is 0.476. The summed E-state index contributed by atoms with van der Waals surface area (Å²) in [5.41, 5.74) is 1.99. The van der Waals surface area contributed by atoms with E-state index in [1.807, 2.05) is 4.57 Å². The first-order chi connectivity index (χ1) is 14.9. The Hall–Kier alpha value is -3.89. The molecular weight excluding hydrogens is 415 g/mol. The summed E-state index contributed by atoms with van der Waals surface area (Å²) in [6, 6.07) is 9.24. The van der Waals surface area contributed by atoms with Gasteiger partial charge in [0.2, 0.25) is 5.91 Å². The Labute approximate surface area is 173 Å². The summed E-state index contributed by atoms with van der Waals surface area (Å²) in [6.07, 6.45) is 0.102. The second kappa shape index (κ2) is 8.46. The number of pyridine rings is 1. The number of hydrogen-bond acceptors (Lipinski definition) is 6. The van der Waals surface area contributed by atoms with Crippen molar-refractivity contribution >= 4 is 23.1 Å². The van der Waals surface area contributed by atoms with Crippen molar-refractivity contribution in [2.75, 3.05) is 5.32 Å². The topological polar surface area (TPSA) is 95.1 Å². The van der Waals surface area contributed by atoms with Crippen LogP contribution in [0.25, 0.3) is 11.2 Å². The molecule has 0 aliphatic rings. The van der Waals surface area contributed by atoms with E-state index in [2.05, 4.69) is 25.0 Å². The summed E-state index contributed by atoms with van der Waals surface area (Å²) < 4.78 is 47.8. The molecule has 3 heterocycles. The number of anilines is 1. The van der Waals surface area contributed by atoms with Crippen molar-refractivity contribution in [3.05, 3.63) is 66.4 Å². The summed E-state index contributed by atoms with van der Waals surface area (Å²) in [4.78, 5) is 24.9. The molecule has 0 unspecified atom stereocenters. The van der Waals surface area contributed by atoms with E-state index in [1.165, 1.54) is 36.7 Å². The van der Waals surface area contributed by atoms with Gasteiger partial charge in [-0.3, -0.25) is 10.1 Å². The molecule has 0 aliphatic heterocycles. The fraction of sp³-hybridized carbons (Fsp3) is 0.200. The van der Waals surface area contributed by atoms with Crippen LogP contribution in [-0.2, 0) is 17.8 Å². The van der Waals surface area contributed by atoms with Crippen molar-refractivity contribution in [2.24, 2.45) is 0 Å². The van der Waals surface area contributed by atoms with Crippen LogP contribution in [0.4, 0.5) is 19.2 Å². The first-order valence-corrected chi connectivity index (χ1v) is 9.21. The van der Waals surface area contributed by atoms with Crippen molar-refractivity contribution in [1.29, 1.82) is 0 Å². The van der Waals surface area contributed by atoms with E-state index in [0.29, 0.717) is 30.0 Å². The minimum Gasteiger partial charge on any atom is -0.432 e. The van der Waals surface area contributed by atoms with Crippen LogP contribution in [0.1, 0.15) is 17.8 Å². The zero-order valence-corrected chi connectivity index (χ0v) is 16.0. The van der Waals surface area contributed by atoms with E-state index >= 15 is 0 Å². The number of amides is 1. The van der Waals surface area contributed by atoms with Gasteiger partial charge < -0.3 is 13.7 Å². The van der Waals surface area contributed by atoms with E-state index in [4.69, 9.17) is 4.42 Å². The Morgan fingerprint density at radius 2 is 1.94 bits per heavy atom. The molecule has 0 radical (unpaired) electrons. The molecule has 4 aromatic rings. The molecule has 0 spiro atoms. The summed E-state index contributed by atoms with van der Waals surface area (Å²) in [6.45, 7) is 0.316. The molecule has 4 rings (SSSR count). The number of carbonyl (C=O) groups excluding carboxylic acids is 1. The maximum Gasteiger partial charge on any atom is 0.573 e. The molecular formula is C20H16F3N5O3. The van der Waals surface area contributed by atoms with Crippen molar-refractivity contribution in [2.45, 2.75) is 25.7 Å². The third kappa shape index (κ3) is 5.18. The first-order valence-electron chi connectivity index (χ1n) is 9.21. The van der Waals surface area contributed by atoms with Gasteiger partial charge in [-0.2, -0.15) is 0 Å². The Morgan fingerprint density at radius 3 is 2.65 bits per heavy atom. The minimum absolute atomic E-state index is 0.112. The highest BCUT2D eigenvalue weighted by Crippen LogP contribution is 2.24. The van der Waals surface area contributed by atoms with Gasteiger partial charge in [0, 0.05) is 19.0 Å². The van der Waals surface area contributed by atoms with Crippen LogP contribution in [0.5, 0.6) is 5.75 Å². The zero-order valence-electron chi connectivity index (χ0n) is 16.0. The molecule has 1 aromatic carbocycles. The van der Waals surface area contributed by atoms with Crippen LogP contribution >= 0.6 is 0 Å². The standard InChI is InChI=1S/C20H16F3N5O3/c21-20(22,23)31-14-5-3-13(4-6-14)12-28-16(26-15-2-1-9-24-18(15)28)7-8-17(29)27-19-25-10-11-30-19/h1-6,9-11H,7-8,12H2,(H,25,27,29). The van der Waals surface area contributed by atoms with Crippen molar-refractivity contribution in [3.8, 4) is 5.75 Å². The number of benzene rings is 1. The number of halogens is 3. The average molecular weight is 431 g/mol. The second-order valence-corrected chi connectivity index (χ2v) is 6.54. The number of alkyl halides is 3. The highest BCUT2D eigenvalue weighted by Gasteiger charge is 2.31. The molecule has 0 aliphatic carbocycles. The number of imidazole rings is 1. The summed E-state index contributed by atoms with van der Waals surface area (Å²) in [5.74, 6) is 0.0304. The predicted molar refractivity (Wildman–Crippen MR) is 103 cm³/mol. The maximum atomic E-state index is 12.4. The summed E-state index contributed by atoms with van der Waals surface area (Å²) >= 11 is 0. The van der Waals surface area contributed by atoms with Crippen LogP contribution in [0.3, 0.4) is 0 Å². The molecule has 1 amide bonds. The van der Waals surface area contributed by atoms with Crippen molar-refractivity contribution < 1.29 is 27.1 Å². The fourth-order valence-electron chi connectivity index (χ4n) is 3.03. The van der Waals surface area contributed by atoms with Gasteiger partial charge in [-0.05, 0) is 29.8 Å². The number of aryl methyl sites for hydroxylation is 1. The summed E-state index contributed by atoms with van der Waals surface area (Å²) in [7, 11) is 0. The number of rotatable bonds is 7. The van der Waals surface area contributed by atoms with Crippen molar-refractivity contribution in [3.63, 3.8) is 0 Å². The van der Waals surface area contributed by atoms with Gasteiger partial charge in [-0.15, -0.1) is 13.2 Å². The van der Waals surface area contributed by atoms with E-state index in [-0.39, 0.29) is 24.1 Å². The van der Waals surface area contributed by atoms with Gasteiger partial charge in [0.1, 0.15) is 23.4 Å². The summed E-state index contributed by atoms with van der Waals surface area (Å²) in [5, 5.41) is 2.54. The lowest BCUT2D eigenvalue weighted by atomic mass is 10.2. The fourth-order valence-corrected chi connectivity index (χ4v) is 3.03. The minimum atomic E-state index is -4.75. The number of nitrogens with one attached hydrogen (secondary N) is 1. The molecule has 0 bridgehead atoms. The highest BCUT2D eigenvalue weighted by atomic mass is 19.4. The number of nitrogens with zero attached hydrogens (tertiary/aromatic N) is 4. The van der Waals surface area contributed by atoms with Crippen LogP contribution < -0.4 is 10.1 Å². The van der Waals surface area contributed by atoms with Crippen molar-refractivity contribution in [1.82, 2.24) is 19.5 Å². The Bertz CT molecular complexity index is 1170. The zero-order chi connectivity index (χ0) is 21.8. The van der Waals surface area contributed by atoms with Crippen LogP contribution in [0.2, 0.25) is 0 Å². The first kappa shape index (κ1) is 20.4. The molecule has 31 heavy (non-hydrogen) atoms. The normalized spacial score (nSPS) is 11.6. The third-order valence-electron chi connectivity index (χ3n) is 4.33. The van der Waals surface area contributed by atoms with Crippen LogP contribution in [-0.4, -0.2) is 31.8 Å². The Balaban J connectivity index is 1.51. The monoisotopic (exact) mass is 431 g/mol. The molecule has 0 saturated carbocycles. The molecule has 8 nitrogen and oxygen atoms in total. The number of hydrogen-bond donors (Lipinski definition) is 1. The lowest BCUT2D eigenvalue weighted by Gasteiger charge is -2.11. The molecule has 0 saturated heterocycles. The number of ether oxygens (including phenoxy) is 1. The number of fused-ring (bicyclic) bond motifs is 1. The molecule has 3 aromatic heterocycles. The van der Waals surface area contributed by atoms with Gasteiger partial charge in [-0.25, -0.2) is 15.0 Å². The smallest absolute Gasteiger partial charge is 0.432 e. The van der Waals surface area contributed by atoms with Gasteiger partial charge in [-0.1, -0.05) is 12.1 Å². The SMILES string of the molecule is O=C(CCc1nc2cccnc2n1Cc1ccc(OC(F)(F)F)cc1)Nc1ncco1. The molecule has 160 valence electrons. The number of aromatic nitrogens is 4. The lowest BCUT2D eigenvalue weighted by molar-refractivity contribution is -0.274. The third-order valence-corrected chi connectivity index (χ3v) is 4.33. The van der Waals surface area contributed by atoms with E-state index in [1.54, 1.807) is 18.3 Å². The van der Waals surface area contributed by atoms with Gasteiger partial charge in [0.05, 0.1) is 12.7 Å². The van der Waals surface area contributed by atoms with Crippen LogP contribution in [0.15, 0.2) is 59.5 Å². The largest absolute Gasteiger partial charge is 0.573 e. The van der Waals surface area contributed by atoms with Gasteiger partial charge >= 0.3 is 12.4 Å². The maximum absolute atomic E-state index is 12.4. The average Bonchev–Trinajstić information content (AvgIpc) is 3.35. The molecule has 11 heteroatoms. The molecule has 1 N–H and O–H groups in total. The van der Waals surface area contributed by atoms with E-state index < -0.39 is 6.36 Å². The predicted octanol–water partition coefficient (Wildman–Crippen LogP) is 3.94. The Kier molecular flexibility index (Phi) is 5.56. The highest BCUT2D eigenvalue weighted by molar-refractivity contribution is 5.88. The number of carbonyl (C=O) groups is 1. The Morgan fingerprint density at radius 1 is 1.13 bits per heavy atom. The molecule has 0 atom stereocenters. The molecule has 0 fully saturated rings. The lowest BCUT2D eigenvalue weighted by Crippen LogP contribution is -2.17. The van der Waals surface area contributed by atoms with Gasteiger partial charge in [0.25, 0.3) is 0 Å². The van der Waals surface area contributed by atoms with Gasteiger partial charge in [0.15, 0.2) is 5.65 Å². The van der Waals surface area contributed by atoms with Crippen LogP contribution in [0, 0.1) is 0 Å². The van der Waals surface area contributed by atoms with E-state index in [0.717, 1.165) is 5.56 Å². The second-order valence-electron chi connectivity index (χ2n) is 6.54.